The maximum Gasteiger partial charge on any atom is 0.335 e. The van der Waals surface area contributed by atoms with E-state index >= 15 is 0 Å². The molecule has 3 unspecified atom stereocenters. The van der Waals surface area contributed by atoms with E-state index in [1.807, 2.05) is 11.0 Å². The van der Waals surface area contributed by atoms with E-state index in [2.05, 4.69) is 5.32 Å². The summed E-state index contributed by atoms with van der Waals surface area (Å²) in [5.74, 6) is -0.584. The van der Waals surface area contributed by atoms with Gasteiger partial charge in [0.1, 0.15) is 0 Å². The van der Waals surface area contributed by atoms with Gasteiger partial charge in [0.15, 0.2) is 0 Å². The van der Waals surface area contributed by atoms with Gasteiger partial charge in [-0.15, -0.1) is 0 Å². The largest absolute Gasteiger partial charge is 0.478 e. The Balaban J connectivity index is 1.51. The number of fused-ring (bicyclic) bond motifs is 3. The van der Waals surface area contributed by atoms with Crippen molar-refractivity contribution in [2.75, 3.05) is 0 Å². The summed E-state index contributed by atoms with van der Waals surface area (Å²) in [6, 6.07) is 6.02. The Morgan fingerprint density at radius 2 is 2.00 bits per heavy atom. The van der Waals surface area contributed by atoms with Gasteiger partial charge in [-0.25, -0.2) is 4.79 Å². The van der Waals surface area contributed by atoms with Crippen LogP contribution in [0.2, 0.25) is 0 Å². The number of carboxylic acid groups (broad SMARTS) is 1. The predicted molar refractivity (Wildman–Crippen MR) is 75.7 cm³/mol. The summed E-state index contributed by atoms with van der Waals surface area (Å²) in [6.07, 6.45) is 3.25. The van der Waals surface area contributed by atoms with Crippen molar-refractivity contribution in [1.82, 2.24) is 10.2 Å². The van der Waals surface area contributed by atoms with E-state index in [4.69, 9.17) is 5.11 Å². The summed E-state index contributed by atoms with van der Waals surface area (Å²) in [5.41, 5.74) is 2.34. The van der Waals surface area contributed by atoms with Crippen molar-refractivity contribution in [3.8, 4) is 0 Å². The van der Waals surface area contributed by atoms with Crippen LogP contribution >= 0.6 is 0 Å². The van der Waals surface area contributed by atoms with E-state index < -0.39 is 5.97 Å². The van der Waals surface area contributed by atoms with Crippen LogP contribution in [0.15, 0.2) is 18.2 Å². The molecule has 1 aromatic rings. The van der Waals surface area contributed by atoms with Gasteiger partial charge in [0.2, 0.25) is 5.91 Å². The molecule has 2 bridgehead atoms. The molecule has 3 atom stereocenters. The molecule has 110 valence electrons. The van der Waals surface area contributed by atoms with Crippen molar-refractivity contribution < 1.29 is 14.7 Å². The SMILES string of the molecule is O=C(O)c1ccc2c(c1)CN(C(=O)C1CC3CCC1N3)C2. The van der Waals surface area contributed by atoms with E-state index in [-0.39, 0.29) is 11.8 Å². The highest BCUT2D eigenvalue weighted by Gasteiger charge is 2.44. The first-order chi connectivity index (χ1) is 10.1. The number of hydrogen-bond donors (Lipinski definition) is 2. The topological polar surface area (TPSA) is 69.6 Å². The molecule has 0 radical (unpaired) electrons. The zero-order chi connectivity index (χ0) is 14.6. The molecule has 3 aliphatic rings. The normalized spacial score (nSPS) is 29.7. The monoisotopic (exact) mass is 286 g/mol. The highest BCUT2D eigenvalue weighted by atomic mass is 16.4. The number of carbonyl (C=O) groups is 2. The maximum absolute atomic E-state index is 12.7. The molecular formula is C16H18N2O3. The van der Waals surface area contributed by atoms with Gasteiger partial charge in [-0.1, -0.05) is 6.07 Å². The van der Waals surface area contributed by atoms with Gasteiger partial charge in [-0.3, -0.25) is 4.79 Å². The lowest BCUT2D eigenvalue weighted by Crippen LogP contribution is -2.38. The third-order valence-corrected chi connectivity index (χ3v) is 5.10. The van der Waals surface area contributed by atoms with E-state index in [0.29, 0.717) is 30.7 Å². The van der Waals surface area contributed by atoms with Gasteiger partial charge >= 0.3 is 5.97 Å². The first-order valence-electron chi connectivity index (χ1n) is 7.52. The lowest BCUT2D eigenvalue weighted by Gasteiger charge is -2.25. The molecule has 2 saturated heterocycles. The minimum absolute atomic E-state index is 0.108. The number of nitrogens with zero attached hydrogens (tertiary/aromatic N) is 1. The molecule has 2 N–H and O–H groups in total. The van der Waals surface area contributed by atoms with Crippen molar-refractivity contribution in [3.05, 3.63) is 34.9 Å². The average Bonchev–Trinajstić information content (AvgIpc) is 3.19. The number of carbonyl (C=O) groups excluding carboxylic acids is 1. The van der Waals surface area contributed by atoms with Gasteiger partial charge in [-0.2, -0.15) is 0 Å². The Labute approximate surface area is 122 Å². The number of amides is 1. The van der Waals surface area contributed by atoms with E-state index in [0.717, 1.165) is 24.0 Å². The molecule has 1 amide bonds. The van der Waals surface area contributed by atoms with Crippen molar-refractivity contribution in [3.63, 3.8) is 0 Å². The van der Waals surface area contributed by atoms with Crippen molar-refractivity contribution >= 4 is 11.9 Å². The highest BCUT2D eigenvalue weighted by Crippen LogP contribution is 2.36. The van der Waals surface area contributed by atoms with E-state index in [1.54, 1.807) is 12.1 Å². The van der Waals surface area contributed by atoms with Crippen LogP contribution in [0.25, 0.3) is 0 Å². The first-order valence-corrected chi connectivity index (χ1v) is 7.52. The van der Waals surface area contributed by atoms with Gasteiger partial charge in [-0.05, 0) is 42.5 Å². The number of rotatable bonds is 2. The standard InChI is InChI=1S/C16H18N2O3/c19-15(13-6-12-3-4-14(13)17-12)18-7-10-2-1-9(16(20)21)5-11(10)8-18/h1-2,5,12-14,17H,3-4,6-8H2,(H,20,21). The molecule has 5 nitrogen and oxygen atoms in total. The van der Waals surface area contributed by atoms with Crippen LogP contribution in [0, 0.1) is 5.92 Å². The maximum atomic E-state index is 12.7. The summed E-state index contributed by atoms with van der Waals surface area (Å²) in [4.78, 5) is 25.6. The molecule has 4 rings (SSSR count). The summed E-state index contributed by atoms with van der Waals surface area (Å²) < 4.78 is 0. The fraction of sp³-hybridized carbons (Fsp3) is 0.500. The molecule has 0 aromatic heterocycles. The van der Waals surface area contributed by atoms with Crippen LogP contribution in [0.5, 0.6) is 0 Å². The summed E-state index contributed by atoms with van der Waals surface area (Å²) in [5, 5.41) is 12.5. The van der Waals surface area contributed by atoms with Crippen LogP contribution in [0.1, 0.15) is 40.7 Å². The molecule has 2 fully saturated rings. The van der Waals surface area contributed by atoms with Gasteiger partial charge in [0.05, 0.1) is 11.5 Å². The smallest absolute Gasteiger partial charge is 0.335 e. The molecule has 1 aromatic carbocycles. The molecule has 5 heteroatoms. The number of benzene rings is 1. The fourth-order valence-corrected chi connectivity index (χ4v) is 4.01. The molecule has 3 aliphatic heterocycles. The molecule has 21 heavy (non-hydrogen) atoms. The van der Waals surface area contributed by atoms with Crippen molar-refractivity contribution in [2.24, 2.45) is 5.92 Å². The second kappa shape index (κ2) is 4.56. The molecule has 0 spiro atoms. The van der Waals surface area contributed by atoms with Crippen LogP contribution in [0.4, 0.5) is 0 Å². The lowest BCUT2D eigenvalue weighted by molar-refractivity contribution is -0.136. The predicted octanol–water partition coefficient (Wildman–Crippen LogP) is 1.37. The average molecular weight is 286 g/mol. The Morgan fingerprint density at radius 1 is 1.19 bits per heavy atom. The lowest BCUT2D eigenvalue weighted by atomic mass is 9.88. The number of carboxylic acids is 1. The Bertz CT molecular complexity index is 628. The first kappa shape index (κ1) is 12.8. The van der Waals surface area contributed by atoms with Crippen molar-refractivity contribution in [2.45, 2.75) is 44.4 Å². The van der Waals surface area contributed by atoms with Gasteiger partial charge in [0, 0.05) is 25.2 Å². The van der Waals surface area contributed by atoms with Crippen molar-refractivity contribution in [1.29, 1.82) is 0 Å². The zero-order valence-corrected chi connectivity index (χ0v) is 11.7. The second-order valence-corrected chi connectivity index (χ2v) is 6.37. The third kappa shape index (κ3) is 2.03. The van der Waals surface area contributed by atoms with Crippen LogP contribution in [-0.2, 0) is 17.9 Å². The summed E-state index contributed by atoms with van der Waals surface area (Å²) in [7, 11) is 0. The van der Waals surface area contributed by atoms with Gasteiger partial charge < -0.3 is 15.3 Å². The molecular weight excluding hydrogens is 268 g/mol. The zero-order valence-electron chi connectivity index (χ0n) is 11.7. The van der Waals surface area contributed by atoms with Crippen LogP contribution in [-0.4, -0.2) is 34.0 Å². The van der Waals surface area contributed by atoms with Crippen LogP contribution < -0.4 is 5.32 Å². The highest BCUT2D eigenvalue weighted by molar-refractivity contribution is 5.88. The number of nitrogens with one attached hydrogen (secondary N) is 1. The fourth-order valence-electron chi connectivity index (χ4n) is 4.01. The molecule has 3 heterocycles. The quantitative estimate of drug-likeness (QED) is 0.861. The number of hydrogen-bond acceptors (Lipinski definition) is 3. The Kier molecular flexibility index (Phi) is 2.79. The third-order valence-electron chi connectivity index (χ3n) is 5.10. The number of aromatic carboxylic acids is 1. The minimum Gasteiger partial charge on any atom is -0.478 e. The van der Waals surface area contributed by atoms with E-state index in [1.165, 1.54) is 6.42 Å². The minimum atomic E-state index is -0.917. The van der Waals surface area contributed by atoms with E-state index in [9.17, 15) is 9.59 Å². The summed E-state index contributed by atoms with van der Waals surface area (Å²) >= 11 is 0. The van der Waals surface area contributed by atoms with Gasteiger partial charge in [0.25, 0.3) is 0 Å². The Morgan fingerprint density at radius 3 is 2.67 bits per heavy atom. The van der Waals surface area contributed by atoms with Crippen LogP contribution in [0.3, 0.4) is 0 Å². The molecule has 0 aliphatic carbocycles. The summed E-state index contributed by atoms with van der Waals surface area (Å²) in [6.45, 7) is 1.16. The Hall–Kier alpha value is -1.88. The second-order valence-electron chi connectivity index (χ2n) is 6.37. The molecule has 0 saturated carbocycles.